The lowest BCUT2D eigenvalue weighted by Crippen LogP contribution is -2.39. The zero-order chi connectivity index (χ0) is 10.9. The molecule has 1 aromatic carbocycles. The number of benzene rings is 1. The van der Waals surface area contributed by atoms with Crippen LogP contribution in [0, 0.1) is 6.92 Å². The summed E-state index contributed by atoms with van der Waals surface area (Å²) in [6, 6.07) is 5.85. The molecule has 0 saturated heterocycles. The molecule has 1 unspecified atom stereocenters. The lowest BCUT2D eigenvalue weighted by molar-refractivity contribution is 0.104. The van der Waals surface area contributed by atoms with Gasteiger partial charge in [-0.2, -0.15) is 0 Å². The van der Waals surface area contributed by atoms with Crippen molar-refractivity contribution < 1.29 is 5.11 Å². The zero-order valence-electron chi connectivity index (χ0n) is 8.71. The van der Waals surface area contributed by atoms with Gasteiger partial charge in [-0.15, -0.1) is 0 Å². The van der Waals surface area contributed by atoms with E-state index in [0.29, 0.717) is 0 Å². The van der Waals surface area contributed by atoms with Gasteiger partial charge in [0.25, 0.3) is 0 Å². The second-order valence-corrected chi connectivity index (χ2v) is 5.10. The molecule has 0 fully saturated rings. The highest BCUT2D eigenvalue weighted by Crippen LogP contribution is 2.30. The molecule has 0 bridgehead atoms. The Hall–Kier alpha value is -0.380. The van der Waals surface area contributed by atoms with Crippen molar-refractivity contribution in [3.8, 4) is 0 Å². The summed E-state index contributed by atoms with van der Waals surface area (Å²) in [5.41, 5.74) is 7.21. The van der Waals surface area contributed by atoms with Crippen LogP contribution in [-0.4, -0.2) is 10.6 Å². The molecular weight excluding hydrogens is 242 g/mol. The molecule has 0 radical (unpaired) electrons. The summed E-state index contributed by atoms with van der Waals surface area (Å²) in [4.78, 5) is 0. The summed E-state index contributed by atoms with van der Waals surface area (Å²) in [7, 11) is 0. The van der Waals surface area contributed by atoms with Crippen LogP contribution in [0.5, 0.6) is 0 Å². The summed E-state index contributed by atoms with van der Waals surface area (Å²) < 4.78 is 0.906. The Balaban J connectivity index is 3.08. The Morgan fingerprint density at radius 2 is 2.00 bits per heavy atom. The van der Waals surface area contributed by atoms with Gasteiger partial charge in [0.2, 0.25) is 0 Å². The molecule has 0 saturated carbocycles. The van der Waals surface area contributed by atoms with Crippen molar-refractivity contribution >= 4 is 15.9 Å². The number of aryl methyl sites for hydroxylation is 1. The minimum atomic E-state index is -0.655. The molecule has 3 heteroatoms. The Morgan fingerprint density at radius 3 is 2.43 bits per heavy atom. The third-order valence-corrected chi connectivity index (χ3v) is 2.84. The van der Waals surface area contributed by atoms with Crippen LogP contribution in [0.1, 0.15) is 31.1 Å². The van der Waals surface area contributed by atoms with Crippen molar-refractivity contribution in [3.05, 3.63) is 33.8 Å². The summed E-state index contributed by atoms with van der Waals surface area (Å²) in [6.45, 7) is 5.63. The van der Waals surface area contributed by atoms with E-state index in [-0.39, 0.29) is 0 Å². The second kappa shape index (κ2) is 4.01. The number of hydrogen-bond donors (Lipinski definition) is 2. The maximum atomic E-state index is 9.97. The average molecular weight is 258 g/mol. The molecule has 2 nitrogen and oxygen atoms in total. The van der Waals surface area contributed by atoms with E-state index in [4.69, 9.17) is 5.73 Å². The molecule has 3 N–H and O–H groups in total. The Bertz CT molecular complexity index is 331. The molecule has 0 amide bonds. The summed E-state index contributed by atoms with van der Waals surface area (Å²) in [5.74, 6) is 0. The van der Waals surface area contributed by atoms with Gasteiger partial charge in [0.1, 0.15) is 0 Å². The van der Waals surface area contributed by atoms with E-state index in [2.05, 4.69) is 15.9 Å². The highest BCUT2D eigenvalue weighted by Gasteiger charge is 2.25. The van der Waals surface area contributed by atoms with Gasteiger partial charge in [0, 0.05) is 10.0 Å². The first kappa shape index (κ1) is 11.7. The van der Waals surface area contributed by atoms with E-state index >= 15 is 0 Å². The number of rotatable bonds is 2. The molecule has 0 aliphatic heterocycles. The first-order chi connectivity index (χ1) is 6.32. The standard InChI is InChI=1S/C11H16BrNO/c1-7-4-5-8(9(12)6-7)10(14)11(2,3)13/h4-6,10,14H,13H2,1-3H3. The van der Waals surface area contributed by atoms with Crippen LogP contribution in [0.4, 0.5) is 0 Å². The van der Waals surface area contributed by atoms with Crippen LogP contribution in [0.3, 0.4) is 0 Å². The van der Waals surface area contributed by atoms with E-state index in [1.165, 1.54) is 0 Å². The maximum Gasteiger partial charge on any atom is 0.0974 e. The molecule has 14 heavy (non-hydrogen) atoms. The highest BCUT2D eigenvalue weighted by molar-refractivity contribution is 9.10. The number of aliphatic hydroxyl groups is 1. The van der Waals surface area contributed by atoms with Crippen molar-refractivity contribution in [2.75, 3.05) is 0 Å². The van der Waals surface area contributed by atoms with Gasteiger partial charge in [-0.1, -0.05) is 28.1 Å². The second-order valence-electron chi connectivity index (χ2n) is 4.25. The van der Waals surface area contributed by atoms with Gasteiger partial charge in [-0.05, 0) is 38.0 Å². The van der Waals surface area contributed by atoms with Crippen molar-refractivity contribution in [3.63, 3.8) is 0 Å². The molecular formula is C11H16BrNO. The largest absolute Gasteiger partial charge is 0.386 e. The molecule has 1 rings (SSSR count). The van der Waals surface area contributed by atoms with Crippen molar-refractivity contribution in [2.45, 2.75) is 32.4 Å². The molecule has 78 valence electrons. The lowest BCUT2D eigenvalue weighted by Gasteiger charge is -2.27. The fourth-order valence-corrected chi connectivity index (χ4v) is 1.96. The monoisotopic (exact) mass is 257 g/mol. The number of aliphatic hydroxyl groups excluding tert-OH is 1. The van der Waals surface area contributed by atoms with Crippen LogP contribution in [0.2, 0.25) is 0 Å². The molecule has 0 aromatic heterocycles. The molecule has 1 aromatic rings. The Kier molecular flexibility index (Phi) is 3.35. The molecule has 0 spiro atoms. The first-order valence-electron chi connectivity index (χ1n) is 4.55. The van der Waals surface area contributed by atoms with Crippen LogP contribution in [0.25, 0.3) is 0 Å². The van der Waals surface area contributed by atoms with Crippen LogP contribution < -0.4 is 5.73 Å². The van der Waals surface area contributed by atoms with Gasteiger partial charge in [-0.25, -0.2) is 0 Å². The van der Waals surface area contributed by atoms with Crippen LogP contribution >= 0.6 is 15.9 Å². The van der Waals surface area contributed by atoms with E-state index in [1.54, 1.807) is 0 Å². The van der Waals surface area contributed by atoms with Crippen LogP contribution in [-0.2, 0) is 0 Å². The maximum absolute atomic E-state index is 9.97. The summed E-state index contributed by atoms with van der Waals surface area (Å²) in [5, 5.41) is 9.97. The van der Waals surface area contributed by atoms with Gasteiger partial charge < -0.3 is 10.8 Å². The third kappa shape index (κ3) is 2.56. The molecule has 0 heterocycles. The lowest BCUT2D eigenvalue weighted by atomic mass is 9.92. The summed E-state index contributed by atoms with van der Waals surface area (Å²) >= 11 is 3.42. The SMILES string of the molecule is Cc1ccc(C(O)C(C)(C)N)c(Br)c1. The number of hydrogen-bond acceptors (Lipinski definition) is 2. The zero-order valence-corrected chi connectivity index (χ0v) is 10.3. The fourth-order valence-electron chi connectivity index (χ4n) is 1.25. The van der Waals surface area contributed by atoms with Gasteiger partial charge in [-0.3, -0.25) is 0 Å². The summed E-state index contributed by atoms with van der Waals surface area (Å²) in [6.07, 6.45) is -0.655. The smallest absolute Gasteiger partial charge is 0.0974 e. The average Bonchev–Trinajstić information content (AvgIpc) is 2.01. The Labute approximate surface area is 93.3 Å². The normalized spacial score (nSPS) is 14.1. The quantitative estimate of drug-likeness (QED) is 0.856. The van der Waals surface area contributed by atoms with Crippen molar-refractivity contribution in [2.24, 2.45) is 5.73 Å². The predicted octanol–water partition coefficient (Wildman–Crippen LogP) is 2.53. The first-order valence-corrected chi connectivity index (χ1v) is 5.34. The minimum Gasteiger partial charge on any atom is -0.386 e. The van der Waals surface area contributed by atoms with Gasteiger partial charge in [0.05, 0.1) is 6.10 Å². The van der Waals surface area contributed by atoms with E-state index < -0.39 is 11.6 Å². The molecule has 1 atom stereocenters. The topological polar surface area (TPSA) is 46.2 Å². The third-order valence-electron chi connectivity index (χ3n) is 2.16. The van der Waals surface area contributed by atoms with Crippen molar-refractivity contribution in [1.82, 2.24) is 0 Å². The van der Waals surface area contributed by atoms with E-state index in [0.717, 1.165) is 15.6 Å². The highest BCUT2D eigenvalue weighted by atomic mass is 79.9. The van der Waals surface area contributed by atoms with E-state index in [1.807, 2.05) is 39.0 Å². The Morgan fingerprint density at radius 1 is 1.43 bits per heavy atom. The van der Waals surface area contributed by atoms with Crippen molar-refractivity contribution in [1.29, 1.82) is 0 Å². The van der Waals surface area contributed by atoms with Gasteiger partial charge >= 0.3 is 0 Å². The molecule has 0 aliphatic rings. The number of halogens is 1. The minimum absolute atomic E-state index is 0.627. The molecule has 0 aliphatic carbocycles. The van der Waals surface area contributed by atoms with Crippen LogP contribution in [0.15, 0.2) is 22.7 Å². The predicted molar refractivity (Wildman–Crippen MR) is 62.1 cm³/mol. The fraction of sp³-hybridized carbons (Fsp3) is 0.455. The van der Waals surface area contributed by atoms with Gasteiger partial charge in [0.15, 0.2) is 0 Å². The number of nitrogens with two attached hydrogens (primary N) is 1. The van der Waals surface area contributed by atoms with E-state index in [9.17, 15) is 5.11 Å².